The van der Waals surface area contributed by atoms with Crippen LogP contribution in [-0.2, 0) is 4.79 Å². The molecule has 2 heterocycles. The second-order valence-corrected chi connectivity index (χ2v) is 6.84. The molecule has 0 amide bonds. The van der Waals surface area contributed by atoms with Crippen molar-refractivity contribution in [3.63, 3.8) is 0 Å². The van der Waals surface area contributed by atoms with E-state index in [1.807, 2.05) is 6.92 Å². The van der Waals surface area contributed by atoms with Crippen molar-refractivity contribution in [3.05, 3.63) is 48.0 Å². The van der Waals surface area contributed by atoms with Crippen LogP contribution in [0.25, 0.3) is 10.8 Å². The van der Waals surface area contributed by atoms with Gasteiger partial charge in [0.2, 0.25) is 0 Å². The fourth-order valence-electron chi connectivity index (χ4n) is 4.52. The van der Waals surface area contributed by atoms with Crippen LogP contribution < -0.4 is 5.32 Å². The van der Waals surface area contributed by atoms with Gasteiger partial charge in [-0.25, -0.2) is 0 Å². The van der Waals surface area contributed by atoms with Gasteiger partial charge in [0.25, 0.3) is 0 Å². The quantitative estimate of drug-likeness (QED) is 0.925. The Kier molecular flexibility index (Phi) is 3.50. The Balaban J connectivity index is 1.75. The molecule has 4 rings (SSSR count). The first-order chi connectivity index (χ1) is 10.8. The number of hydrogen-bond donors (Lipinski definition) is 1. The van der Waals surface area contributed by atoms with Crippen LogP contribution >= 0.6 is 0 Å². The van der Waals surface area contributed by atoms with E-state index in [0.717, 1.165) is 12.8 Å². The first-order valence-corrected chi connectivity index (χ1v) is 8.53. The van der Waals surface area contributed by atoms with Gasteiger partial charge in [-0.05, 0) is 41.5 Å². The molecule has 2 aliphatic heterocycles. The lowest BCUT2D eigenvalue weighted by atomic mass is 9.74. The molecule has 2 heteroatoms. The lowest BCUT2D eigenvalue weighted by Crippen LogP contribution is -2.47. The van der Waals surface area contributed by atoms with E-state index in [4.69, 9.17) is 0 Å². The van der Waals surface area contributed by atoms with Crippen molar-refractivity contribution in [2.45, 2.75) is 50.6 Å². The molecule has 2 aliphatic rings. The molecule has 22 heavy (non-hydrogen) atoms. The summed E-state index contributed by atoms with van der Waals surface area (Å²) in [7, 11) is 0. The molecule has 0 saturated carbocycles. The molecule has 0 aliphatic carbocycles. The predicted molar refractivity (Wildman–Crippen MR) is 90.0 cm³/mol. The molecule has 4 atom stereocenters. The van der Waals surface area contributed by atoms with Gasteiger partial charge in [-0.1, -0.05) is 49.4 Å². The van der Waals surface area contributed by atoms with E-state index in [2.05, 4.69) is 47.8 Å². The van der Waals surface area contributed by atoms with Crippen LogP contribution in [-0.4, -0.2) is 17.9 Å². The van der Waals surface area contributed by atoms with Crippen molar-refractivity contribution >= 4 is 16.6 Å². The number of fused-ring (bicyclic) bond motifs is 3. The molecule has 1 N–H and O–H groups in total. The lowest BCUT2D eigenvalue weighted by molar-refractivity contribution is -0.124. The Morgan fingerprint density at radius 1 is 1.14 bits per heavy atom. The maximum atomic E-state index is 12.6. The van der Waals surface area contributed by atoms with Gasteiger partial charge in [0.15, 0.2) is 0 Å². The van der Waals surface area contributed by atoms with E-state index in [1.165, 1.54) is 22.8 Å². The Bertz CT molecular complexity index is 708. The van der Waals surface area contributed by atoms with Crippen LogP contribution in [0.1, 0.15) is 44.1 Å². The number of benzene rings is 2. The van der Waals surface area contributed by atoms with E-state index < -0.39 is 0 Å². The lowest BCUT2D eigenvalue weighted by Gasteiger charge is -2.37. The SMILES string of the molecule is CCC(=O)C1C(c2ccc3ccccc3c2)C[C@@H]2CC[C@H]1N2. The smallest absolute Gasteiger partial charge is 0.137 e. The zero-order valence-electron chi connectivity index (χ0n) is 13.1. The van der Waals surface area contributed by atoms with Crippen LogP contribution in [0.3, 0.4) is 0 Å². The average Bonchev–Trinajstić information content (AvgIpc) is 2.95. The summed E-state index contributed by atoms with van der Waals surface area (Å²) in [6.45, 7) is 2.00. The first-order valence-electron chi connectivity index (χ1n) is 8.53. The fourth-order valence-corrected chi connectivity index (χ4v) is 4.52. The number of carbonyl (C=O) groups excluding carboxylic acids is 1. The standard InChI is InChI=1S/C20H23NO/c1-2-19(22)20-17(12-16-9-10-18(20)21-16)15-8-7-13-5-3-4-6-14(13)11-15/h3-8,11,16-18,20-21H,2,9-10,12H2,1H3/t16-,17?,18+,20?/m0/s1. The number of hydrogen-bond acceptors (Lipinski definition) is 2. The molecule has 2 bridgehead atoms. The molecule has 2 aromatic rings. The van der Waals surface area contributed by atoms with E-state index in [9.17, 15) is 4.79 Å². The fraction of sp³-hybridized carbons (Fsp3) is 0.450. The van der Waals surface area contributed by atoms with Crippen LogP contribution in [0, 0.1) is 5.92 Å². The summed E-state index contributed by atoms with van der Waals surface area (Å²) in [5.41, 5.74) is 1.35. The maximum Gasteiger partial charge on any atom is 0.137 e. The number of nitrogens with one attached hydrogen (secondary N) is 1. The largest absolute Gasteiger partial charge is 0.310 e. The van der Waals surface area contributed by atoms with Crippen LogP contribution in [0.15, 0.2) is 42.5 Å². The second-order valence-electron chi connectivity index (χ2n) is 6.84. The summed E-state index contributed by atoms with van der Waals surface area (Å²) in [6.07, 6.45) is 4.14. The van der Waals surface area contributed by atoms with E-state index in [1.54, 1.807) is 0 Å². The highest BCUT2D eigenvalue weighted by atomic mass is 16.1. The molecule has 0 aromatic heterocycles. The summed E-state index contributed by atoms with van der Waals surface area (Å²) in [5, 5.41) is 6.24. The highest BCUT2D eigenvalue weighted by molar-refractivity contribution is 5.85. The molecule has 114 valence electrons. The average molecular weight is 293 g/mol. The van der Waals surface area contributed by atoms with E-state index >= 15 is 0 Å². The molecule has 2 fully saturated rings. The third-order valence-corrected chi connectivity index (χ3v) is 5.60. The Hall–Kier alpha value is -1.67. The van der Waals surface area contributed by atoms with Crippen molar-refractivity contribution in [1.82, 2.24) is 5.32 Å². The van der Waals surface area contributed by atoms with E-state index in [0.29, 0.717) is 30.2 Å². The number of rotatable bonds is 3. The minimum absolute atomic E-state index is 0.157. The van der Waals surface area contributed by atoms with E-state index in [-0.39, 0.29) is 5.92 Å². The second kappa shape index (κ2) is 5.51. The van der Waals surface area contributed by atoms with Gasteiger partial charge in [-0.15, -0.1) is 0 Å². The van der Waals surface area contributed by atoms with Gasteiger partial charge in [-0.3, -0.25) is 4.79 Å². The van der Waals surface area contributed by atoms with Gasteiger partial charge in [0, 0.05) is 24.4 Å². The van der Waals surface area contributed by atoms with Crippen LogP contribution in [0.2, 0.25) is 0 Å². The van der Waals surface area contributed by atoms with Crippen molar-refractivity contribution in [2.75, 3.05) is 0 Å². The zero-order chi connectivity index (χ0) is 15.1. The third kappa shape index (κ3) is 2.26. The van der Waals surface area contributed by atoms with Gasteiger partial charge >= 0.3 is 0 Å². The monoisotopic (exact) mass is 293 g/mol. The molecule has 2 saturated heterocycles. The summed E-state index contributed by atoms with van der Waals surface area (Å²) in [6, 6.07) is 16.2. The zero-order valence-corrected chi connectivity index (χ0v) is 13.1. The molecular weight excluding hydrogens is 270 g/mol. The molecule has 0 radical (unpaired) electrons. The number of Topliss-reactive ketones (excluding diaryl/α,β-unsaturated/α-hetero) is 1. The molecule has 0 spiro atoms. The van der Waals surface area contributed by atoms with Crippen molar-refractivity contribution in [1.29, 1.82) is 0 Å². The molecule has 2 aromatic carbocycles. The Morgan fingerprint density at radius 2 is 1.95 bits per heavy atom. The summed E-state index contributed by atoms with van der Waals surface area (Å²) in [5.74, 6) is 0.969. The summed E-state index contributed by atoms with van der Waals surface area (Å²) < 4.78 is 0. The third-order valence-electron chi connectivity index (χ3n) is 5.60. The summed E-state index contributed by atoms with van der Waals surface area (Å²) >= 11 is 0. The minimum atomic E-state index is 0.157. The van der Waals surface area contributed by atoms with Gasteiger partial charge < -0.3 is 5.32 Å². The van der Waals surface area contributed by atoms with Crippen molar-refractivity contribution in [3.8, 4) is 0 Å². The van der Waals surface area contributed by atoms with Crippen molar-refractivity contribution < 1.29 is 4.79 Å². The highest BCUT2D eigenvalue weighted by Gasteiger charge is 2.44. The van der Waals surface area contributed by atoms with Gasteiger partial charge in [0.05, 0.1) is 0 Å². The van der Waals surface area contributed by atoms with Crippen molar-refractivity contribution in [2.24, 2.45) is 5.92 Å². The predicted octanol–water partition coefficient (Wildman–Crippen LogP) is 4.04. The maximum absolute atomic E-state index is 12.6. The number of piperidine rings is 1. The number of ketones is 1. The van der Waals surface area contributed by atoms with Crippen LogP contribution in [0.5, 0.6) is 0 Å². The molecular formula is C20H23NO. The Labute approximate surface area is 131 Å². The first kappa shape index (κ1) is 14.0. The normalized spacial score (nSPS) is 30.6. The van der Waals surface area contributed by atoms with Crippen LogP contribution in [0.4, 0.5) is 0 Å². The highest BCUT2D eigenvalue weighted by Crippen LogP contribution is 2.43. The molecule has 2 unspecified atom stereocenters. The Morgan fingerprint density at radius 3 is 2.77 bits per heavy atom. The topological polar surface area (TPSA) is 29.1 Å². The molecule has 2 nitrogen and oxygen atoms in total. The summed E-state index contributed by atoms with van der Waals surface area (Å²) in [4.78, 5) is 12.6. The van der Waals surface area contributed by atoms with Gasteiger partial charge in [0.1, 0.15) is 5.78 Å². The minimum Gasteiger partial charge on any atom is -0.310 e. The number of carbonyl (C=O) groups is 1. The van der Waals surface area contributed by atoms with Gasteiger partial charge in [-0.2, -0.15) is 0 Å².